The molecule has 1 fully saturated rings. The van der Waals surface area contributed by atoms with Crippen molar-refractivity contribution in [3.63, 3.8) is 0 Å². The molecular formula is C22H33N3O. The maximum absolute atomic E-state index is 10.2. The lowest BCUT2D eigenvalue weighted by Gasteiger charge is -2.42. The first-order chi connectivity index (χ1) is 12.6. The minimum Gasteiger partial charge on any atom is -0.396 e. The first-order valence-electron chi connectivity index (χ1n) is 10.0. The molecule has 2 heterocycles. The molecule has 1 atom stereocenters. The summed E-state index contributed by atoms with van der Waals surface area (Å²) in [4.78, 5) is 2.50. The normalized spacial score (nSPS) is 21.4. The second-order valence-corrected chi connectivity index (χ2v) is 8.23. The Bertz CT molecular complexity index is 667. The molecule has 4 heteroatoms. The fraction of sp³-hybridized carbons (Fsp3) is 0.591. The van der Waals surface area contributed by atoms with Crippen LogP contribution in [-0.4, -0.2) is 39.5 Å². The van der Waals surface area contributed by atoms with Crippen LogP contribution in [0.4, 0.5) is 0 Å². The van der Waals surface area contributed by atoms with Gasteiger partial charge in [0, 0.05) is 42.9 Å². The average Bonchev–Trinajstić information content (AvgIpc) is 3.12. The predicted molar refractivity (Wildman–Crippen MR) is 106 cm³/mol. The van der Waals surface area contributed by atoms with Crippen LogP contribution in [0, 0.1) is 5.41 Å². The van der Waals surface area contributed by atoms with Gasteiger partial charge in [-0.1, -0.05) is 30.3 Å². The molecule has 142 valence electrons. The number of aliphatic hydroxyl groups is 1. The van der Waals surface area contributed by atoms with Gasteiger partial charge in [0.15, 0.2) is 0 Å². The average molecular weight is 356 g/mol. The molecule has 0 radical (unpaired) electrons. The number of nitrogens with zero attached hydrogens (tertiary/aromatic N) is 3. The van der Waals surface area contributed by atoms with Crippen molar-refractivity contribution >= 4 is 0 Å². The summed E-state index contributed by atoms with van der Waals surface area (Å²) in [6.07, 6.45) is 9.80. The lowest BCUT2D eigenvalue weighted by molar-refractivity contribution is 0.0208. The fourth-order valence-electron chi connectivity index (χ4n) is 4.17. The summed E-state index contributed by atoms with van der Waals surface area (Å²) < 4.78 is 2.03. The fourth-order valence-corrected chi connectivity index (χ4v) is 4.17. The van der Waals surface area contributed by atoms with Gasteiger partial charge in [-0.3, -0.25) is 9.58 Å². The third-order valence-corrected chi connectivity index (χ3v) is 5.68. The van der Waals surface area contributed by atoms with Gasteiger partial charge in [-0.05, 0) is 58.1 Å². The number of rotatable bonds is 8. The maximum atomic E-state index is 10.2. The Kier molecular flexibility index (Phi) is 6.49. The van der Waals surface area contributed by atoms with Crippen molar-refractivity contribution < 1.29 is 5.11 Å². The number of aliphatic hydroxyl groups excluding tert-OH is 1. The van der Waals surface area contributed by atoms with E-state index >= 15 is 0 Å². The Morgan fingerprint density at radius 3 is 2.69 bits per heavy atom. The van der Waals surface area contributed by atoms with Crippen molar-refractivity contribution in [1.29, 1.82) is 0 Å². The summed E-state index contributed by atoms with van der Waals surface area (Å²) >= 11 is 0. The second-order valence-electron chi connectivity index (χ2n) is 8.23. The highest BCUT2D eigenvalue weighted by atomic mass is 16.3. The number of aryl methyl sites for hydroxylation is 1. The molecule has 0 spiro atoms. The highest BCUT2D eigenvalue weighted by molar-refractivity contribution is 5.14. The quantitative estimate of drug-likeness (QED) is 0.776. The zero-order valence-electron chi connectivity index (χ0n) is 16.3. The van der Waals surface area contributed by atoms with E-state index in [0.717, 1.165) is 45.3 Å². The number of hydrogen-bond donors (Lipinski definition) is 1. The number of hydrogen-bond acceptors (Lipinski definition) is 3. The molecule has 0 aliphatic carbocycles. The van der Waals surface area contributed by atoms with Gasteiger partial charge in [0.2, 0.25) is 0 Å². The summed E-state index contributed by atoms with van der Waals surface area (Å²) in [6.45, 7) is 7.65. The van der Waals surface area contributed by atoms with E-state index in [9.17, 15) is 5.11 Å². The van der Waals surface area contributed by atoms with Crippen LogP contribution in [0.25, 0.3) is 0 Å². The predicted octanol–water partition coefficient (Wildman–Crippen LogP) is 4.06. The van der Waals surface area contributed by atoms with E-state index in [1.54, 1.807) is 0 Å². The molecule has 0 amide bonds. The summed E-state index contributed by atoms with van der Waals surface area (Å²) in [5, 5.41) is 14.6. The van der Waals surface area contributed by atoms with E-state index in [1.165, 1.54) is 17.5 Å². The zero-order chi connectivity index (χ0) is 18.4. The molecule has 0 bridgehead atoms. The van der Waals surface area contributed by atoms with E-state index in [0.29, 0.717) is 12.6 Å². The first kappa shape index (κ1) is 19.1. The number of likely N-dealkylation sites (tertiary alicyclic amines) is 1. The van der Waals surface area contributed by atoms with Gasteiger partial charge in [0.05, 0.1) is 6.20 Å². The van der Waals surface area contributed by atoms with Gasteiger partial charge in [-0.15, -0.1) is 0 Å². The Labute approximate surface area is 157 Å². The van der Waals surface area contributed by atoms with Crippen molar-refractivity contribution in [2.24, 2.45) is 5.41 Å². The Hall–Kier alpha value is -1.65. The van der Waals surface area contributed by atoms with E-state index in [1.807, 2.05) is 10.9 Å². The second kappa shape index (κ2) is 8.83. The standard InChI is InChI=1S/C22H33N3O/c1-19(2)25-16-21(14-23-25)15-24-13-7-12-22(17-24,18-26)11-6-10-20-8-4-3-5-9-20/h3-5,8-9,14,16,19,26H,6-7,10-13,15,17-18H2,1-2H3. The van der Waals surface area contributed by atoms with Crippen molar-refractivity contribution in [2.45, 2.75) is 58.5 Å². The largest absolute Gasteiger partial charge is 0.396 e. The van der Waals surface area contributed by atoms with Crippen LogP contribution < -0.4 is 0 Å². The molecule has 1 saturated heterocycles. The molecule has 1 unspecified atom stereocenters. The smallest absolute Gasteiger partial charge is 0.0534 e. The van der Waals surface area contributed by atoms with Gasteiger partial charge in [-0.2, -0.15) is 5.10 Å². The summed E-state index contributed by atoms with van der Waals surface area (Å²) in [7, 11) is 0. The van der Waals surface area contributed by atoms with E-state index in [4.69, 9.17) is 0 Å². The lowest BCUT2D eigenvalue weighted by atomic mass is 9.76. The van der Waals surface area contributed by atoms with Crippen LogP contribution in [0.3, 0.4) is 0 Å². The molecule has 1 aromatic carbocycles. The molecule has 0 saturated carbocycles. The van der Waals surface area contributed by atoms with Crippen LogP contribution in [0.2, 0.25) is 0 Å². The molecule has 4 nitrogen and oxygen atoms in total. The Morgan fingerprint density at radius 2 is 2.00 bits per heavy atom. The van der Waals surface area contributed by atoms with Gasteiger partial charge in [0.25, 0.3) is 0 Å². The topological polar surface area (TPSA) is 41.3 Å². The molecule has 1 aliphatic heterocycles. The molecule has 1 N–H and O–H groups in total. The molecule has 1 aliphatic rings. The van der Waals surface area contributed by atoms with Crippen molar-refractivity contribution in [3.8, 4) is 0 Å². The van der Waals surface area contributed by atoms with Gasteiger partial charge in [0.1, 0.15) is 0 Å². The molecule has 26 heavy (non-hydrogen) atoms. The number of benzene rings is 1. The number of aromatic nitrogens is 2. The number of piperidine rings is 1. The van der Waals surface area contributed by atoms with Crippen LogP contribution >= 0.6 is 0 Å². The summed E-state index contributed by atoms with van der Waals surface area (Å²) in [5.41, 5.74) is 2.73. The third-order valence-electron chi connectivity index (χ3n) is 5.68. The van der Waals surface area contributed by atoms with Crippen LogP contribution in [0.15, 0.2) is 42.7 Å². The van der Waals surface area contributed by atoms with Crippen LogP contribution in [0.5, 0.6) is 0 Å². The van der Waals surface area contributed by atoms with Crippen LogP contribution in [0.1, 0.15) is 56.7 Å². The molecular weight excluding hydrogens is 322 g/mol. The van der Waals surface area contributed by atoms with E-state index < -0.39 is 0 Å². The van der Waals surface area contributed by atoms with E-state index in [2.05, 4.69) is 60.4 Å². The first-order valence-corrected chi connectivity index (χ1v) is 10.0. The van der Waals surface area contributed by atoms with Crippen molar-refractivity contribution in [3.05, 3.63) is 53.9 Å². The molecule has 2 aromatic rings. The van der Waals surface area contributed by atoms with E-state index in [-0.39, 0.29) is 5.41 Å². The maximum Gasteiger partial charge on any atom is 0.0534 e. The van der Waals surface area contributed by atoms with Gasteiger partial charge in [-0.25, -0.2) is 0 Å². The molecule has 1 aromatic heterocycles. The van der Waals surface area contributed by atoms with Crippen molar-refractivity contribution in [2.75, 3.05) is 19.7 Å². The van der Waals surface area contributed by atoms with Crippen LogP contribution in [-0.2, 0) is 13.0 Å². The monoisotopic (exact) mass is 355 g/mol. The zero-order valence-corrected chi connectivity index (χ0v) is 16.3. The third kappa shape index (κ3) is 4.95. The SMILES string of the molecule is CC(C)n1cc(CN2CCCC(CO)(CCCc3ccccc3)C2)cn1. The Balaban J connectivity index is 1.55. The van der Waals surface area contributed by atoms with Gasteiger partial charge < -0.3 is 5.11 Å². The highest BCUT2D eigenvalue weighted by Gasteiger charge is 2.34. The Morgan fingerprint density at radius 1 is 1.19 bits per heavy atom. The molecule has 3 rings (SSSR count). The summed E-state index contributed by atoms with van der Waals surface area (Å²) in [5.74, 6) is 0. The lowest BCUT2D eigenvalue weighted by Crippen LogP contribution is -2.45. The van der Waals surface area contributed by atoms with Crippen molar-refractivity contribution in [1.82, 2.24) is 14.7 Å². The minimum absolute atomic E-state index is 0.0566. The minimum atomic E-state index is 0.0566. The highest BCUT2D eigenvalue weighted by Crippen LogP contribution is 2.35. The summed E-state index contributed by atoms with van der Waals surface area (Å²) in [6, 6.07) is 11.1. The van der Waals surface area contributed by atoms with Gasteiger partial charge >= 0.3 is 0 Å².